The van der Waals surface area contributed by atoms with Crippen LogP contribution in [0.2, 0.25) is 0 Å². The molecule has 1 saturated heterocycles. The van der Waals surface area contributed by atoms with Crippen molar-refractivity contribution in [2.45, 2.75) is 37.5 Å². The molecule has 0 amide bonds. The van der Waals surface area contributed by atoms with Crippen LogP contribution in [-0.4, -0.2) is 36.1 Å². The van der Waals surface area contributed by atoms with E-state index in [-0.39, 0.29) is 11.6 Å². The summed E-state index contributed by atoms with van der Waals surface area (Å²) in [7, 11) is 0. The van der Waals surface area contributed by atoms with Crippen LogP contribution in [0.1, 0.15) is 31.9 Å². The van der Waals surface area contributed by atoms with Crippen LogP contribution in [0.5, 0.6) is 5.75 Å². The van der Waals surface area contributed by atoms with Gasteiger partial charge in [0.05, 0.1) is 12.6 Å². The molecular formula is C15H21NO3. The molecule has 19 heavy (non-hydrogen) atoms. The average Bonchev–Trinajstić information content (AvgIpc) is 2.88. The van der Waals surface area contributed by atoms with E-state index in [9.17, 15) is 5.11 Å². The standard InChI is InChI=1S/C15H21NO3/c1-14(2)13(11-5-3-4-6-12(11)19-14)16-9-15(17)7-8-18-10-15/h3-6,13,16-17H,7-10H2,1-2H3. The molecular weight excluding hydrogens is 242 g/mol. The first kappa shape index (κ1) is 12.9. The molecule has 2 unspecified atom stereocenters. The molecule has 3 rings (SSSR count). The van der Waals surface area contributed by atoms with Gasteiger partial charge in [0.1, 0.15) is 17.0 Å². The molecule has 0 bridgehead atoms. The highest BCUT2D eigenvalue weighted by Crippen LogP contribution is 2.42. The van der Waals surface area contributed by atoms with Gasteiger partial charge in [-0.1, -0.05) is 18.2 Å². The fourth-order valence-electron chi connectivity index (χ4n) is 2.91. The zero-order valence-corrected chi connectivity index (χ0v) is 11.5. The summed E-state index contributed by atoms with van der Waals surface area (Å²) in [5, 5.41) is 13.8. The second kappa shape index (κ2) is 4.47. The van der Waals surface area contributed by atoms with Gasteiger partial charge in [0.2, 0.25) is 0 Å². The highest BCUT2D eigenvalue weighted by Gasteiger charge is 2.42. The van der Waals surface area contributed by atoms with Crippen molar-refractivity contribution >= 4 is 0 Å². The van der Waals surface area contributed by atoms with E-state index in [1.165, 1.54) is 0 Å². The zero-order valence-electron chi connectivity index (χ0n) is 11.5. The Morgan fingerprint density at radius 2 is 2.16 bits per heavy atom. The molecule has 0 aromatic heterocycles. The summed E-state index contributed by atoms with van der Waals surface area (Å²) in [4.78, 5) is 0. The maximum Gasteiger partial charge on any atom is 0.125 e. The smallest absolute Gasteiger partial charge is 0.125 e. The summed E-state index contributed by atoms with van der Waals surface area (Å²) in [5.41, 5.74) is 0.114. The van der Waals surface area contributed by atoms with Crippen molar-refractivity contribution in [1.29, 1.82) is 0 Å². The van der Waals surface area contributed by atoms with Crippen molar-refractivity contribution in [3.63, 3.8) is 0 Å². The highest BCUT2D eigenvalue weighted by molar-refractivity contribution is 5.42. The van der Waals surface area contributed by atoms with Gasteiger partial charge in [-0.2, -0.15) is 0 Å². The van der Waals surface area contributed by atoms with E-state index in [1.54, 1.807) is 0 Å². The van der Waals surface area contributed by atoms with Gasteiger partial charge in [0.15, 0.2) is 0 Å². The molecule has 2 aliphatic rings. The minimum atomic E-state index is -0.742. The fourth-order valence-corrected chi connectivity index (χ4v) is 2.91. The summed E-state index contributed by atoms with van der Waals surface area (Å²) in [6.45, 7) is 5.72. The topological polar surface area (TPSA) is 50.7 Å². The first-order chi connectivity index (χ1) is 9.00. The average molecular weight is 263 g/mol. The summed E-state index contributed by atoms with van der Waals surface area (Å²) >= 11 is 0. The molecule has 2 N–H and O–H groups in total. The Balaban J connectivity index is 1.76. The molecule has 4 nitrogen and oxygen atoms in total. The Labute approximate surface area is 113 Å². The lowest BCUT2D eigenvalue weighted by Gasteiger charge is -2.30. The predicted octanol–water partition coefficient (Wildman–Crippen LogP) is 1.64. The van der Waals surface area contributed by atoms with Crippen LogP contribution in [0.4, 0.5) is 0 Å². The van der Waals surface area contributed by atoms with Crippen LogP contribution in [-0.2, 0) is 4.74 Å². The SMILES string of the molecule is CC1(C)Oc2ccccc2C1NCC1(O)CCOC1. The molecule has 2 aliphatic heterocycles. The molecule has 1 aromatic rings. The molecule has 4 heteroatoms. The second-order valence-electron chi connectivity index (χ2n) is 6.08. The van der Waals surface area contributed by atoms with E-state index in [0.29, 0.717) is 26.2 Å². The van der Waals surface area contributed by atoms with Crippen LogP contribution in [0.25, 0.3) is 0 Å². The van der Waals surface area contributed by atoms with Crippen LogP contribution in [0.15, 0.2) is 24.3 Å². The third-order valence-corrected chi connectivity index (χ3v) is 4.02. The number of rotatable bonds is 3. The molecule has 0 saturated carbocycles. The van der Waals surface area contributed by atoms with Crippen LogP contribution in [0.3, 0.4) is 0 Å². The Morgan fingerprint density at radius 3 is 2.89 bits per heavy atom. The molecule has 2 heterocycles. The summed E-state index contributed by atoms with van der Waals surface area (Å²) in [6, 6.07) is 8.16. The largest absolute Gasteiger partial charge is 0.486 e. The van der Waals surface area contributed by atoms with E-state index in [4.69, 9.17) is 9.47 Å². The number of aliphatic hydroxyl groups is 1. The number of hydrogen-bond donors (Lipinski definition) is 2. The number of para-hydroxylation sites is 1. The van der Waals surface area contributed by atoms with Crippen LogP contribution in [0, 0.1) is 0 Å². The third kappa shape index (κ3) is 2.36. The van der Waals surface area contributed by atoms with Crippen molar-refractivity contribution in [3.8, 4) is 5.75 Å². The van der Waals surface area contributed by atoms with Gasteiger partial charge in [-0.15, -0.1) is 0 Å². The number of nitrogens with one attached hydrogen (secondary N) is 1. The van der Waals surface area contributed by atoms with Gasteiger partial charge in [-0.05, 0) is 19.9 Å². The molecule has 0 radical (unpaired) electrons. The summed E-state index contributed by atoms with van der Waals surface area (Å²) in [6.07, 6.45) is 0.690. The van der Waals surface area contributed by atoms with Gasteiger partial charge in [0, 0.05) is 25.1 Å². The molecule has 2 atom stereocenters. The maximum absolute atomic E-state index is 10.3. The van der Waals surface area contributed by atoms with Crippen molar-refractivity contribution in [2.24, 2.45) is 0 Å². The number of hydrogen-bond acceptors (Lipinski definition) is 4. The quantitative estimate of drug-likeness (QED) is 0.870. The lowest BCUT2D eigenvalue weighted by Crippen LogP contribution is -2.47. The summed E-state index contributed by atoms with van der Waals surface area (Å²) in [5.74, 6) is 0.930. The van der Waals surface area contributed by atoms with Gasteiger partial charge in [-0.3, -0.25) is 0 Å². The van der Waals surface area contributed by atoms with Crippen molar-refractivity contribution in [1.82, 2.24) is 5.32 Å². The molecule has 104 valence electrons. The van der Waals surface area contributed by atoms with Crippen molar-refractivity contribution in [2.75, 3.05) is 19.8 Å². The van der Waals surface area contributed by atoms with Gasteiger partial charge in [0.25, 0.3) is 0 Å². The molecule has 1 fully saturated rings. The maximum atomic E-state index is 10.3. The third-order valence-electron chi connectivity index (χ3n) is 4.02. The van der Waals surface area contributed by atoms with E-state index in [2.05, 4.69) is 25.2 Å². The van der Waals surface area contributed by atoms with E-state index in [0.717, 1.165) is 11.3 Å². The number of benzene rings is 1. The highest BCUT2D eigenvalue weighted by atomic mass is 16.5. The number of ether oxygens (including phenoxy) is 2. The van der Waals surface area contributed by atoms with Gasteiger partial charge >= 0.3 is 0 Å². The molecule has 0 aliphatic carbocycles. The van der Waals surface area contributed by atoms with Crippen LogP contribution >= 0.6 is 0 Å². The van der Waals surface area contributed by atoms with Crippen LogP contribution < -0.4 is 10.1 Å². The van der Waals surface area contributed by atoms with Gasteiger partial charge < -0.3 is 19.9 Å². The second-order valence-corrected chi connectivity index (χ2v) is 6.08. The monoisotopic (exact) mass is 263 g/mol. The minimum absolute atomic E-state index is 0.0910. The lowest BCUT2D eigenvalue weighted by atomic mass is 9.93. The van der Waals surface area contributed by atoms with Crippen molar-refractivity contribution in [3.05, 3.63) is 29.8 Å². The van der Waals surface area contributed by atoms with E-state index >= 15 is 0 Å². The molecule has 1 aromatic carbocycles. The Kier molecular flexibility index (Phi) is 3.04. The lowest BCUT2D eigenvalue weighted by molar-refractivity contribution is 0.0158. The van der Waals surface area contributed by atoms with Gasteiger partial charge in [-0.25, -0.2) is 0 Å². The Bertz CT molecular complexity index is 466. The normalized spacial score (nSPS) is 32.1. The predicted molar refractivity (Wildman–Crippen MR) is 72.3 cm³/mol. The first-order valence-corrected chi connectivity index (χ1v) is 6.82. The number of fused-ring (bicyclic) bond motifs is 1. The Hall–Kier alpha value is -1.10. The fraction of sp³-hybridized carbons (Fsp3) is 0.600. The molecule has 0 spiro atoms. The zero-order chi connectivity index (χ0) is 13.5. The first-order valence-electron chi connectivity index (χ1n) is 6.82. The van der Waals surface area contributed by atoms with Crippen molar-refractivity contribution < 1.29 is 14.6 Å². The van der Waals surface area contributed by atoms with E-state index < -0.39 is 5.60 Å². The summed E-state index contributed by atoms with van der Waals surface area (Å²) < 4.78 is 11.3. The minimum Gasteiger partial charge on any atom is -0.486 e. The Morgan fingerprint density at radius 1 is 1.37 bits per heavy atom. The van der Waals surface area contributed by atoms with E-state index in [1.807, 2.05) is 18.2 Å².